The molecule has 1 aliphatic heterocycles. The van der Waals surface area contributed by atoms with Gasteiger partial charge in [0, 0.05) is 6.42 Å². The lowest BCUT2D eigenvalue weighted by Gasteiger charge is -1.95. The van der Waals surface area contributed by atoms with Crippen LogP contribution in [0.1, 0.15) is 5.56 Å². The van der Waals surface area contributed by atoms with Crippen molar-refractivity contribution >= 4 is 34.5 Å². The summed E-state index contributed by atoms with van der Waals surface area (Å²) in [6.45, 7) is 0. The number of fused-ring (bicyclic) bond motifs is 1. The van der Waals surface area contributed by atoms with Crippen LogP contribution in [0.2, 0.25) is 5.15 Å². The van der Waals surface area contributed by atoms with E-state index in [0.29, 0.717) is 5.15 Å². The number of aromatic nitrogens is 1. The molecule has 0 fully saturated rings. The third-order valence-electron chi connectivity index (χ3n) is 1.58. The second-order valence-corrected chi connectivity index (χ2v) is 3.27. The Kier molecular flexibility index (Phi) is 1.55. The summed E-state index contributed by atoms with van der Waals surface area (Å²) in [5.41, 5.74) is 2.12. The first-order valence-electron chi connectivity index (χ1n) is 3.20. The Morgan fingerprint density at radius 3 is 3.27 bits per heavy atom. The number of anilines is 1. The van der Waals surface area contributed by atoms with Crippen molar-refractivity contribution in [1.29, 1.82) is 0 Å². The van der Waals surface area contributed by atoms with Crippen molar-refractivity contribution in [2.45, 2.75) is 6.42 Å². The van der Waals surface area contributed by atoms with Gasteiger partial charge in [-0.2, -0.15) is 0 Å². The van der Waals surface area contributed by atoms with Crippen LogP contribution < -0.4 is 5.32 Å². The zero-order valence-electron chi connectivity index (χ0n) is 5.60. The van der Waals surface area contributed by atoms with Crippen molar-refractivity contribution in [1.82, 2.24) is 4.98 Å². The molecule has 2 nitrogen and oxygen atoms in total. The van der Waals surface area contributed by atoms with E-state index in [1.54, 1.807) is 6.20 Å². The van der Waals surface area contributed by atoms with Gasteiger partial charge in [0.25, 0.3) is 0 Å². The summed E-state index contributed by atoms with van der Waals surface area (Å²) in [6, 6.07) is 1.84. The van der Waals surface area contributed by atoms with Crippen molar-refractivity contribution in [3.05, 3.63) is 23.0 Å². The minimum atomic E-state index is 0.523. The molecular weight excluding hydrogens is 180 g/mol. The largest absolute Gasteiger partial charge is 0.348 e. The molecule has 0 amide bonds. The van der Waals surface area contributed by atoms with E-state index in [4.69, 9.17) is 23.8 Å². The van der Waals surface area contributed by atoms with E-state index < -0.39 is 0 Å². The lowest BCUT2D eigenvalue weighted by atomic mass is 10.2. The van der Waals surface area contributed by atoms with E-state index in [1.807, 2.05) is 6.07 Å². The highest BCUT2D eigenvalue weighted by atomic mass is 35.5. The van der Waals surface area contributed by atoms with Crippen LogP contribution in [0.5, 0.6) is 0 Å². The van der Waals surface area contributed by atoms with Gasteiger partial charge >= 0.3 is 0 Å². The zero-order valence-corrected chi connectivity index (χ0v) is 7.17. The fourth-order valence-electron chi connectivity index (χ4n) is 1.09. The number of thiocarbonyl (C=S) groups is 1. The molecule has 1 aliphatic rings. The lowest BCUT2D eigenvalue weighted by Crippen LogP contribution is -2.00. The predicted molar refractivity (Wildman–Crippen MR) is 49.2 cm³/mol. The van der Waals surface area contributed by atoms with E-state index in [2.05, 4.69) is 10.3 Å². The molecule has 0 saturated heterocycles. The van der Waals surface area contributed by atoms with Gasteiger partial charge in [0.1, 0.15) is 5.15 Å². The first-order valence-corrected chi connectivity index (χ1v) is 3.98. The molecule has 1 aromatic rings. The molecule has 0 atom stereocenters. The van der Waals surface area contributed by atoms with Crippen LogP contribution in [-0.2, 0) is 6.42 Å². The maximum atomic E-state index is 5.69. The monoisotopic (exact) mass is 184 g/mol. The Labute approximate surface area is 74.6 Å². The standard InChI is InChI=1S/C7H5ClN2S/c8-6-1-4-2-7(11)10-5(4)3-9-6/h1,3H,2H2,(H,10,11). The average Bonchev–Trinajstić information content (AvgIpc) is 2.27. The summed E-state index contributed by atoms with van der Waals surface area (Å²) in [5.74, 6) is 0. The third kappa shape index (κ3) is 1.21. The average molecular weight is 185 g/mol. The fraction of sp³-hybridized carbons (Fsp3) is 0.143. The summed E-state index contributed by atoms with van der Waals surface area (Å²) >= 11 is 10.7. The van der Waals surface area contributed by atoms with Gasteiger partial charge in [-0.05, 0) is 11.6 Å². The summed E-state index contributed by atoms with van der Waals surface area (Å²) in [6.07, 6.45) is 2.49. The van der Waals surface area contributed by atoms with Crippen molar-refractivity contribution < 1.29 is 0 Å². The number of hydrogen-bond donors (Lipinski definition) is 1. The predicted octanol–water partition coefficient (Wildman–Crippen LogP) is 2.03. The quantitative estimate of drug-likeness (QED) is 0.494. The topological polar surface area (TPSA) is 24.9 Å². The van der Waals surface area contributed by atoms with Gasteiger partial charge < -0.3 is 5.32 Å². The molecule has 11 heavy (non-hydrogen) atoms. The van der Waals surface area contributed by atoms with Gasteiger partial charge in [0.2, 0.25) is 0 Å². The van der Waals surface area contributed by atoms with E-state index >= 15 is 0 Å². The first-order chi connectivity index (χ1) is 5.25. The molecule has 0 saturated carbocycles. The summed E-state index contributed by atoms with van der Waals surface area (Å²) in [5, 5.41) is 3.56. The van der Waals surface area contributed by atoms with Crippen LogP contribution in [-0.4, -0.2) is 9.97 Å². The molecule has 0 unspecified atom stereocenters. The van der Waals surface area contributed by atoms with Crippen LogP contribution in [0.4, 0.5) is 5.69 Å². The molecule has 56 valence electrons. The molecule has 1 aromatic heterocycles. The minimum Gasteiger partial charge on any atom is -0.348 e. The van der Waals surface area contributed by atoms with Crippen molar-refractivity contribution in [2.75, 3.05) is 5.32 Å². The molecule has 2 heterocycles. The van der Waals surface area contributed by atoms with Crippen molar-refractivity contribution in [3.8, 4) is 0 Å². The van der Waals surface area contributed by atoms with Crippen molar-refractivity contribution in [3.63, 3.8) is 0 Å². The lowest BCUT2D eigenvalue weighted by molar-refractivity contribution is 1.29. The minimum absolute atomic E-state index is 0.523. The number of halogens is 1. The Balaban J connectivity index is 2.51. The molecule has 0 aromatic carbocycles. The molecule has 0 radical (unpaired) electrons. The van der Waals surface area contributed by atoms with Gasteiger partial charge in [-0.1, -0.05) is 23.8 Å². The number of hydrogen-bond acceptors (Lipinski definition) is 2. The maximum absolute atomic E-state index is 5.69. The molecule has 0 bridgehead atoms. The Morgan fingerprint density at radius 2 is 2.45 bits per heavy atom. The van der Waals surface area contributed by atoms with Gasteiger partial charge in [-0.25, -0.2) is 4.98 Å². The number of nitrogens with zero attached hydrogens (tertiary/aromatic N) is 1. The van der Waals surface area contributed by atoms with E-state index in [1.165, 1.54) is 0 Å². The maximum Gasteiger partial charge on any atom is 0.129 e. The first kappa shape index (κ1) is 7.00. The molecule has 4 heteroatoms. The Hall–Kier alpha value is -0.670. The highest BCUT2D eigenvalue weighted by Crippen LogP contribution is 2.24. The summed E-state index contributed by atoms with van der Waals surface area (Å²) in [7, 11) is 0. The molecule has 0 aliphatic carbocycles. The van der Waals surface area contributed by atoms with E-state index in [9.17, 15) is 0 Å². The Morgan fingerprint density at radius 1 is 1.64 bits per heavy atom. The second kappa shape index (κ2) is 2.43. The van der Waals surface area contributed by atoms with Gasteiger partial charge in [0.05, 0.1) is 16.9 Å². The normalized spacial score (nSPS) is 14.5. The molecule has 0 spiro atoms. The molecule has 1 N–H and O–H groups in total. The smallest absolute Gasteiger partial charge is 0.129 e. The SMILES string of the molecule is S=C1Cc2cc(Cl)ncc2N1. The van der Waals surface area contributed by atoms with Crippen LogP contribution >= 0.6 is 23.8 Å². The highest BCUT2D eigenvalue weighted by Gasteiger charge is 2.14. The van der Waals surface area contributed by atoms with Crippen LogP contribution in [0.3, 0.4) is 0 Å². The molecule has 2 rings (SSSR count). The zero-order chi connectivity index (χ0) is 7.84. The summed E-state index contributed by atoms with van der Waals surface area (Å²) in [4.78, 5) is 4.77. The number of pyridine rings is 1. The third-order valence-corrected chi connectivity index (χ3v) is 2.03. The van der Waals surface area contributed by atoms with Crippen LogP contribution in [0.25, 0.3) is 0 Å². The van der Waals surface area contributed by atoms with Gasteiger partial charge in [-0.3, -0.25) is 0 Å². The molecular formula is C7H5ClN2S. The van der Waals surface area contributed by atoms with Crippen LogP contribution in [0.15, 0.2) is 12.3 Å². The number of nitrogens with one attached hydrogen (secondary N) is 1. The van der Waals surface area contributed by atoms with Gasteiger partial charge in [-0.15, -0.1) is 0 Å². The highest BCUT2D eigenvalue weighted by molar-refractivity contribution is 7.80. The fourth-order valence-corrected chi connectivity index (χ4v) is 1.54. The van der Waals surface area contributed by atoms with Crippen LogP contribution in [0, 0.1) is 0 Å². The number of rotatable bonds is 0. The summed E-state index contributed by atoms with van der Waals surface area (Å²) < 4.78 is 0. The Bertz CT molecular complexity index is 324. The van der Waals surface area contributed by atoms with E-state index in [-0.39, 0.29) is 0 Å². The van der Waals surface area contributed by atoms with Crippen molar-refractivity contribution in [2.24, 2.45) is 0 Å². The van der Waals surface area contributed by atoms with E-state index in [0.717, 1.165) is 22.7 Å². The second-order valence-electron chi connectivity index (χ2n) is 2.39. The van der Waals surface area contributed by atoms with Gasteiger partial charge in [0.15, 0.2) is 0 Å².